The molecule has 0 saturated carbocycles. The van der Waals surface area contributed by atoms with Crippen LogP contribution in [0.1, 0.15) is 19.0 Å². The first-order valence-electron chi connectivity index (χ1n) is 6.54. The lowest BCUT2D eigenvalue weighted by Crippen LogP contribution is -2.19. The van der Waals surface area contributed by atoms with Crippen molar-refractivity contribution in [3.63, 3.8) is 0 Å². The Morgan fingerprint density at radius 2 is 2.11 bits per heavy atom. The van der Waals surface area contributed by atoms with Gasteiger partial charge in [0.2, 0.25) is 0 Å². The van der Waals surface area contributed by atoms with Crippen molar-refractivity contribution in [3.8, 4) is 11.3 Å². The largest absolute Gasteiger partial charge is 0.356 e. The molecule has 3 nitrogen and oxygen atoms in total. The van der Waals surface area contributed by atoms with E-state index in [2.05, 4.69) is 23.0 Å². The van der Waals surface area contributed by atoms with Gasteiger partial charge in [-0.3, -0.25) is 4.90 Å². The van der Waals surface area contributed by atoms with Crippen molar-refractivity contribution in [2.24, 2.45) is 5.92 Å². The Hall–Kier alpha value is -1.32. The lowest BCUT2D eigenvalue weighted by atomic mass is 10.1. The fraction of sp³-hybridized carbons (Fsp3) is 0.400. The Bertz CT molecular complexity index is 512. The number of nitrogens with zero attached hydrogens (tertiary/aromatic N) is 2. The Balaban J connectivity index is 0.00000133. The molecule has 1 aliphatic heterocycles. The molecule has 0 amide bonds. The number of rotatable bonds is 3. The van der Waals surface area contributed by atoms with E-state index >= 15 is 0 Å². The molecule has 2 aromatic rings. The fourth-order valence-electron chi connectivity index (χ4n) is 2.52. The van der Waals surface area contributed by atoms with Crippen LogP contribution < -0.4 is 0 Å². The molecule has 1 saturated heterocycles. The topological polar surface area (TPSA) is 29.3 Å². The van der Waals surface area contributed by atoms with E-state index in [1.54, 1.807) is 0 Å². The van der Waals surface area contributed by atoms with E-state index < -0.39 is 0 Å². The van der Waals surface area contributed by atoms with Gasteiger partial charge in [0.05, 0.1) is 5.69 Å². The van der Waals surface area contributed by atoms with Crippen LogP contribution in [0.3, 0.4) is 0 Å². The molecule has 19 heavy (non-hydrogen) atoms. The summed E-state index contributed by atoms with van der Waals surface area (Å²) < 4.78 is 5.41. The van der Waals surface area contributed by atoms with Gasteiger partial charge in [0.25, 0.3) is 0 Å². The molecule has 0 spiro atoms. The highest BCUT2D eigenvalue weighted by Gasteiger charge is 2.19. The van der Waals surface area contributed by atoms with E-state index in [0.717, 1.165) is 29.5 Å². The molecule has 0 bridgehead atoms. The molecule has 3 rings (SSSR count). The van der Waals surface area contributed by atoms with E-state index in [1.807, 2.05) is 30.3 Å². The predicted octanol–water partition coefficient (Wildman–Crippen LogP) is 3.61. The first-order chi connectivity index (χ1) is 8.81. The second-order valence-electron chi connectivity index (χ2n) is 5.18. The van der Waals surface area contributed by atoms with Crippen molar-refractivity contribution < 1.29 is 4.52 Å². The molecule has 1 aromatic carbocycles. The van der Waals surface area contributed by atoms with Gasteiger partial charge in [0.1, 0.15) is 0 Å². The summed E-state index contributed by atoms with van der Waals surface area (Å²) in [5, 5.41) is 4.16. The van der Waals surface area contributed by atoms with Crippen LogP contribution in [0.25, 0.3) is 11.3 Å². The highest BCUT2D eigenvalue weighted by molar-refractivity contribution is 5.85. The SMILES string of the molecule is CC1CCN(Cc2cc(-c3ccccc3)on2)C1.Cl. The molecule has 4 heteroatoms. The second kappa shape index (κ2) is 6.22. The monoisotopic (exact) mass is 278 g/mol. The summed E-state index contributed by atoms with van der Waals surface area (Å²) in [6.45, 7) is 5.56. The number of hydrogen-bond donors (Lipinski definition) is 0. The minimum atomic E-state index is 0. The molecular weight excluding hydrogens is 260 g/mol. The smallest absolute Gasteiger partial charge is 0.167 e. The summed E-state index contributed by atoms with van der Waals surface area (Å²) in [6.07, 6.45) is 1.30. The summed E-state index contributed by atoms with van der Waals surface area (Å²) in [7, 11) is 0. The zero-order valence-electron chi connectivity index (χ0n) is 11.1. The molecule has 2 heterocycles. The Labute approximate surface area is 120 Å². The van der Waals surface area contributed by atoms with Crippen molar-refractivity contribution in [1.29, 1.82) is 0 Å². The molecule has 0 N–H and O–H groups in total. The van der Waals surface area contributed by atoms with Crippen LogP contribution >= 0.6 is 12.4 Å². The van der Waals surface area contributed by atoms with Crippen LogP contribution in [0.2, 0.25) is 0 Å². The summed E-state index contributed by atoms with van der Waals surface area (Å²) in [5.41, 5.74) is 2.12. The fourth-order valence-corrected chi connectivity index (χ4v) is 2.52. The van der Waals surface area contributed by atoms with Crippen molar-refractivity contribution in [3.05, 3.63) is 42.1 Å². The van der Waals surface area contributed by atoms with E-state index in [9.17, 15) is 0 Å². The van der Waals surface area contributed by atoms with Gasteiger partial charge in [-0.2, -0.15) is 0 Å². The average molecular weight is 279 g/mol. The number of halogens is 1. The van der Waals surface area contributed by atoms with Crippen LogP contribution in [0.4, 0.5) is 0 Å². The van der Waals surface area contributed by atoms with Gasteiger partial charge >= 0.3 is 0 Å². The predicted molar refractivity (Wildman–Crippen MR) is 78.2 cm³/mol. The van der Waals surface area contributed by atoms with Crippen LogP contribution in [0.5, 0.6) is 0 Å². The maximum atomic E-state index is 5.41. The maximum absolute atomic E-state index is 5.41. The van der Waals surface area contributed by atoms with E-state index in [1.165, 1.54) is 19.5 Å². The lowest BCUT2D eigenvalue weighted by Gasteiger charge is -2.12. The summed E-state index contributed by atoms with van der Waals surface area (Å²) in [4.78, 5) is 2.44. The van der Waals surface area contributed by atoms with Gasteiger partial charge in [-0.25, -0.2) is 0 Å². The van der Waals surface area contributed by atoms with Crippen molar-refractivity contribution >= 4 is 12.4 Å². The first kappa shape index (κ1) is 14.1. The van der Waals surface area contributed by atoms with Gasteiger partial charge < -0.3 is 4.52 Å². The number of hydrogen-bond acceptors (Lipinski definition) is 3. The zero-order chi connectivity index (χ0) is 12.4. The van der Waals surface area contributed by atoms with E-state index in [0.29, 0.717) is 0 Å². The van der Waals surface area contributed by atoms with Gasteiger partial charge in [-0.05, 0) is 18.9 Å². The van der Waals surface area contributed by atoms with Gasteiger partial charge in [-0.15, -0.1) is 12.4 Å². The highest BCUT2D eigenvalue weighted by atomic mass is 35.5. The molecule has 1 aromatic heterocycles. The lowest BCUT2D eigenvalue weighted by molar-refractivity contribution is 0.306. The molecule has 1 aliphatic rings. The minimum Gasteiger partial charge on any atom is -0.356 e. The third-order valence-corrected chi connectivity index (χ3v) is 3.51. The zero-order valence-corrected chi connectivity index (χ0v) is 11.9. The van der Waals surface area contributed by atoms with Crippen LogP contribution in [-0.2, 0) is 6.54 Å². The molecule has 1 fully saturated rings. The number of likely N-dealkylation sites (tertiary alicyclic amines) is 1. The Kier molecular flexibility index (Phi) is 4.61. The Morgan fingerprint density at radius 1 is 1.32 bits per heavy atom. The molecule has 0 aliphatic carbocycles. The van der Waals surface area contributed by atoms with Crippen LogP contribution in [-0.4, -0.2) is 23.1 Å². The second-order valence-corrected chi connectivity index (χ2v) is 5.18. The summed E-state index contributed by atoms with van der Waals surface area (Å²) >= 11 is 0. The number of benzene rings is 1. The van der Waals surface area contributed by atoms with Crippen molar-refractivity contribution in [1.82, 2.24) is 10.1 Å². The Morgan fingerprint density at radius 3 is 2.79 bits per heavy atom. The third-order valence-electron chi connectivity index (χ3n) is 3.51. The van der Waals surface area contributed by atoms with Crippen molar-refractivity contribution in [2.45, 2.75) is 19.9 Å². The third kappa shape index (κ3) is 3.37. The standard InChI is InChI=1S/C15H18N2O.ClH/c1-12-7-8-17(10-12)11-14-9-15(18-16-14)13-5-3-2-4-6-13;/h2-6,9,12H,7-8,10-11H2,1H3;1H. The first-order valence-corrected chi connectivity index (χ1v) is 6.54. The molecule has 1 unspecified atom stereocenters. The van der Waals surface area contributed by atoms with Crippen LogP contribution in [0, 0.1) is 5.92 Å². The average Bonchev–Trinajstić information content (AvgIpc) is 3.01. The normalized spacial score (nSPS) is 19.3. The molecular formula is C15H19ClN2O. The van der Waals surface area contributed by atoms with E-state index in [-0.39, 0.29) is 12.4 Å². The van der Waals surface area contributed by atoms with E-state index in [4.69, 9.17) is 4.52 Å². The number of aromatic nitrogens is 1. The van der Waals surface area contributed by atoms with Crippen molar-refractivity contribution in [2.75, 3.05) is 13.1 Å². The highest BCUT2D eigenvalue weighted by Crippen LogP contribution is 2.22. The quantitative estimate of drug-likeness (QED) is 0.859. The molecule has 102 valence electrons. The maximum Gasteiger partial charge on any atom is 0.167 e. The summed E-state index contributed by atoms with van der Waals surface area (Å²) in [6, 6.07) is 12.2. The van der Waals surface area contributed by atoms with Gasteiger partial charge in [-0.1, -0.05) is 42.4 Å². The minimum absolute atomic E-state index is 0. The van der Waals surface area contributed by atoms with Gasteiger partial charge in [0, 0.05) is 24.7 Å². The van der Waals surface area contributed by atoms with Gasteiger partial charge in [0.15, 0.2) is 5.76 Å². The molecule has 0 radical (unpaired) electrons. The summed E-state index contributed by atoms with van der Waals surface area (Å²) in [5.74, 6) is 1.67. The van der Waals surface area contributed by atoms with Crippen LogP contribution in [0.15, 0.2) is 40.9 Å². The molecule has 1 atom stereocenters.